The standard InChI is InChI=1S/C20H28N2O5S.C4H6O4/c1-4-26-17-7-5-6-8-18(17)27-12-11-22-15(2)13-16-9-10-19(25-3)20(14-16)28(21,23)24;5-3(6)1-2-4(7)8/h5-10,14-15,22H,4,11-13H2,1-3H3,(H2,21,23,24);1-2H2,(H,5,6)(H,7,8)/t15-;/m1./s1. The van der Waals surface area contributed by atoms with Crippen LogP contribution in [0.2, 0.25) is 0 Å². The second kappa shape index (κ2) is 15.6. The van der Waals surface area contributed by atoms with Gasteiger partial charge in [-0.3, -0.25) is 9.59 Å². The third-order valence-corrected chi connectivity index (χ3v) is 5.56. The van der Waals surface area contributed by atoms with Crippen LogP contribution in [0, 0.1) is 0 Å². The number of nitrogens with two attached hydrogens (primary N) is 1. The van der Waals surface area contributed by atoms with Crippen molar-refractivity contribution in [3.8, 4) is 17.2 Å². The summed E-state index contributed by atoms with van der Waals surface area (Å²) in [6.07, 6.45) is 0.0483. The Hall–Kier alpha value is -3.35. The van der Waals surface area contributed by atoms with Crippen LogP contribution in [-0.2, 0) is 26.0 Å². The third-order valence-electron chi connectivity index (χ3n) is 4.63. The molecule has 0 fully saturated rings. The van der Waals surface area contributed by atoms with E-state index < -0.39 is 22.0 Å². The maximum atomic E-state index is 11.7. The topological polar surface area (TPSA) is 174 Å². The summed E-state index contributed by atoms with van der Waals surface area (Å²) in [6, 6.07) is 12.7. The van der Waals surface area contributed by atoms with Crippen molar-refractivity contribution in [2.45, 2.75) is 44.0 Å². The molecule has 0 aliphatic heterocycles. The molecular formula is C24H34N2O9S. The Morgan fingerprint density at radius 2 is 1.58 bits per heavy atom. The molecule has 0 unspecified atom stereocenters. The molecule has 200 valence electrons. The maximum absolute atomic E-state index is 11.7. The van der Waals surface area contributed by atoms with Crippen molar-refractivity contribution in [3.63, 3.8) is 0 Å². The number of carbonyl (C=O) groups is 2. The molecule has 5 N–H and O–H groups in total. The van der Waals surface area contributed by atoms with Crippen LogP contribution < -0.4 is 24.7 Å². The minimum atomic E-state index is -3.84. The molecule has 1 atom stereocenters. The highest BCUT2D eigenvalue weighted by molar-refractivity contribution is 7.89. The number of hydrogen-bond donors (Lipinski definition) is 4. The molecule has 12 heteroatoms. The Morgan fingerprint density at radius 3 is 2.08 bits per heavy atom. The van der Waals surface area contributed by atoms with Gasteiger partial charge in [0.25, 0.3) is 0 Å². The zero-order valence-corrected chi connectivity index (χ0v) is 21.4. The van der Waals surface area contributed by atoms with Crippen LogP contribution in [-0.4, -0.2) is 63.5 Å². The predicted molar refractivity (Wildman–Crippen MR) is 133 cm³/mol. The van der Waals surface area contributed by atoms with E-state index in [0.717, 1.165) is 11.3 Å². The Labute approximate surface area is 211 Å². The van der Waals surface area contributed by atoms with Crippen molar-refractivity contribution in [2.75, 3.05) is 26.9 Å². The smallest absolute Gasteiger partial charge is 0.303 e. The van der Waals surface area contributed by atoms with Crippen LogP contribution in [0.1, 0.15) is 32.3 Å². The van der Waals surface area contributed by atoms with E-state index in [1.807, 2.05) is 44.2 Å². The number of benzene rings is 2. The molecule has 0 aromatic heterocycles. The van der Waals surface area contributed by atoms with E-state index in [9.17, 15) is 18.0 Å². The highest BCUT2D eigenvalue weighted by atomic mass is 32.2. The van der Waals surface area contributed by atoms with Crippen LogP contribution in [0.3, 0.4) is 0 Å². The lowest BCUT2D eigenvalue weighted by Gasteiger charge is -2.16. The van der Waals surface area contributed by atoms with Crippen LogP contribution in [0.5, 0.6) is 17.2 Å². The van der Waals surface area contributed by atoms with Gasteiger partial charge in [0.05, 0.1) is 26.6 Å². The van der Waals surface area contributed by atoms with E-state index in [-0.39, 0.29) is 29.5 Å². The van der Waals surface area contributed by atoms with Crippen molar-refractivity contribution in [3.05, 3.63) is 48.0 Å². The average Bonchev–Trinajstić information content (AvgIpc) is 2.81. The Bertz CT molecular complexity index is 1080. The van der Waals surface area contributed by atoms with E-state index in [1.165, 1.54) is 7.11 Å². The SMILES string of the molecule is CCOc1ccccc1OCCN[C@H](C)Cc1ccc(OC)c(S(N)(=O)=O)c1.O=C(O)CCC(=O)O. The lowest BCUT2D eigenvalue weighted by atomic mass is 10.1. The molecule has 0 amide bonds. The highest BCUT2D eigenvalue weighted by Gasteiger charge is 2.16. The molecule has 0 aliphatic rings. The zero-order valence-electron chi connectivity index (χ0n) is 20.6. The van der Waals surface area contributed by atoms with E-state index in [0.29, 0.717) is 31.9 Å². The number of carboxylic acids is 2. The van der Waals surface area contributed by atoms with Crippen molar-refractivity contribution < 1.29 is 42.4 Å². The fourth-order valence-electron chi connectivity index (χ4n) is 3.02. The van der Waals surface area contributed by atoms with E-state index >= 15 is 0 Å². The summed E-state index contributed by atoms with van der Waals surface area (Å²) in [5, 5.41) is 24.4. The van der Waals surface area contributed by atoms with Gasteiger partial charge in [0.1, 0.15) is 17.3 Å². The van der Waals surface area contributed by atoms with E-state index in [4.69, 9.17) is 29.6 Å². The average molecular weight is 527 g/mol. The van der Waals surface area contributed by atoms with Gasteiger partial charge in [0.15, 0.2) is 11.5 Å². The Morgan fingerprint density at radius 1 is 1.00 bits per heavy atom. The van der Waals surface area contributed by atoms with Gasteiger partial charge in [-0.05, 0) is 50.1 Å². The minimum absolute atomic E-state index is 0.00411. The van der Waals surface area contributed by atoms with Gasteiger partial charge in [-0.1, -0.05) is 18.2 Å². The largest absolute Gasteiger partial charge is 0.495 e. The lowest BCUT2D eigenvalue weighted by Crippen LogP contribution is -2.32. The third kappa shape index (κ3) is 11.9. The first-order valence-corrected chi connectivity index (χ1v) is 12.7. The monoisotopic (exact) mass is 526 g/mol. The van der Waals surface area contributed by atoms with Crippen molar-refractivity contribution in [2.24, 2.45) is 5.14 Å². The molecule has 2 rings (SSSR count). The van der Waals surface area contributed by atoms with Crippen LogP contribution in [0.25, 0.3) is 0 Å². The second-order valence-corrected chi connectivity index (χ2v) is 9.14. The van der Waals surface area contributed by atoms with Crippen LogP contribution in [0.15, 0.2) is 47.4 Å². The highest BCUT2D eigenvalue weighted by Crippen LogP contribution is 2.26. The first-order chi connectivity index (χ1) is 17.0. The number of para-hydroxylation sites is 2. The molecule has 0 saturated heterocycles. The molecule has 0 aliphatic carbocycles. The lowest BCUT2D eigenvalue weighted by molar-refractivity contribution is -0.143. The molecular weight excluding hydrogens is 492 g/mol. The first kappa shape index (κ1) is 30.7. The zero-order chi connectivity index (χ0) is 27.1. The number of carboxylic acid groups (broad SMARTS) is 2. The van der Waals surface area contributed by atoms with Gasteiger partial charge in [-0.25, -0.2) is 13.6 Å². The summed E-state index contributed by atoms with van der Waals surface area (Å²) in [6.45, 7) is 5.66. The van der Waals surface area contributed by atoms with Gasteiger partial charge in [0, 0.05) is 12.6 Å². The number of primary sulfonamides is 1. The van der Waals surface area contributed by atoms with E-state index in [1.54, 1.807) is 12.1 Å². The van der Waals surface area contributed by atoms with Crippen molar-refractivity contribution in [1.29, 1.82) is 0 Å². The van der Waals surface area contributed by atoms with Gasteiger partial charge in [-0.2, -0.15) is 0 Å². The second-order valence-electron chi connectivity index (χ2n) is 7.61. The molecule has 2 aromatic carbocycles. The van der Waals surface area contributed by atoms with Gasteiger partial charge >= 0.3 is 11.9 Å². The van der Waals surface area contributed by atoms with E-state index in [2.05, 4.69) is 5.32 Å². The number of aliphatic carboxylic acids is 2. The Kier molecular flexibility index (Phi) is 13.3. The maximum Gasteiger partial charge on any atom is 0.303 e. The molecule has 0 saturated carbocycles. The Balaban J connectivity index is 0.000000697. The summed E-state index contributed by atoms with van der Waals surface area (Å²) in [5.74, 6) is -0.466. The van der Waals surface area contributed by atoms with Crippen LogP contribution in [0.4, 0.5) is 0 Å². The molecule has 0 spiro atoms. The number of ether oxygens (including phenoxy) is 3. The predicted octanol–water partition coefficient (Wildman–Crippen LogP) is 2.28. The fourth-order valence-corrected chi connectivity index (χ4v) is 3.77. The molecule has 36 heavy (non-hydrogen) atoms. The number of sulfonamides is 1. The quantitative estimate of drug-likeness (QED) is 0.267. The summed E-state index contributed by atoms with van der Waals surface area (Å²) in [4.78, 5) is 19.3. The minimum Gasteiger partial charge on any atom is -0.495 e. The number of nitrogens with one attached hydrogen (secondary N) is 1. The van der Waals surface area contributed by atoms with Gasteiger partial charge in [-0.15, -0.1) is 0 Å². The molecule has 2 aromatic rings. The van der Waals surface area contributed by atoms with Gasteiger partial charge < -0.3 is 29.7 Å². The van der Waals surface area contributed by atoms with Crippen molar-refractivity contribution in [1.82, 2.24) is 5.32 Å². The van der Waals surface area contributed by atoms with Crippen molar-refractivity contribution >= 4 is 22.0 Å². The summed E-state index contributed by atoms with van der Waals surface area (Å²) in [7, 11) is -2.43. The fraction of sp³-hybridized carbons (Fsp3) is 0.417. The van der Waals surface area contributed by atoms with Gasteiger partial charge in [0.2, 0.25) is 10.0 Å². The molecule has 0 heterocycles. The van der Waals surface area contributed by atoms with Crippen LogP contribution >= 0.6 is 0 Å². The number of rotatable bonds is 14. The summed E-state index contributed by atoms with van der Waals surface area (Å²) in [5.41, 5.74) is 0.854. The number of hydrogen-bond acceptors (Lipinski definition) is 8. The normalized spacial score (nSPS) is 11.6. The summed E-state index contributed by atoms with van der Waals surface area (Å²) < 4.78 is 39.9. The molecule has 0 bridgehead atoms. The number of methoxy groups -OCH3 is 1. The first-order valence-electron chi connectivity index (χ1n) is 11.2. The molecule has 11 nitrogen and oxygen atoms in total. The molecule has 0 radical (unpaired) electrons. The summed E-state index contributed by atoms with van der Waals surface area (Å²) >= 11 is 0.